The molecule has 2 amide bonds. The molecule has 2 aromatic rings. The van der Waals surface area contributed by atoms with Gasteiger partial charge in [0.15, 0.2) is 0 Å². The van der Waals surface area contributed by atoms with Crippen LogP contribution in [0.3, 0.4) is 0 Å². The Morgan fingerprint density at radius 1 is 0.808 bits per heavy atom. The topological polar surface area (TPSA) is 53.5 Å². The Bertz CT molecular complexity index is 812. The first-order valence-corrected chi connectivity index (χ1v) is 8.96. The number of hydrogen-bond acceptors (Lipinski definition) is 3. The predicted molar refractivity (Wildman–Crippen MR) is 101 cm³/mol. The van der Waals surface area contributed by atoms with Crippen LogP contribution in [-0.2, 0) is 0 Å². The van der Waals surface area contributed by atoms with Crippen molar-refractivity contribution in [1.29, 1.82) is 0 Å². The van der Waals surface area contributed by atoms with Gasteiger partial charge in [-0.3, -0.25) is 14.6 Å². The average molecular weight is 351 g/mol. The zero-order chi connectivity index (χ0) is 18.8. The van der Waals surface area contributed by atoms with Crippen LogP contribution in [0.25, 0.3) is 0 Å². The van der Waals surface area contributed by atoms with E-state index in [1.807, 2.05) is 32.6 Å². The molecule has 1 aliphatic rings. The molecule has 5 heteroatoms. The van der Waals surface area contributed by atoms with Crippen LogP contribution in [0, 0.1) is 27.7 Å². The van der Waals surface area contributed by atoms with Crippen LogP contribution in [0.4, 0.5) is 0 Å². The molecule has 1 aliphatic heterocycles. The minimum atomic E-state index is -0.00161. The summed E-state index contributed by atoms with van der Waals surface area (Å²) in [6, 6.07) is 5.58. The van der Waals surface area contributed by atoms with Gasteiger partial charge in [-0.25, -0.2) is 0 Å². The van der Waals surface area contributed by atoms with E-state index >= 15 is 0 Å². The fourth-order valence-electron chi connectivity index (χ4n) is 3.49. The summed E-state index contributed by atoms with van der Waals surface area (Å²) in [4.78, 5) is 33.3. The molecule has 0 aliphatic carbocycles. The van der Waals surface area contributed by atoms with Crippen LogP contribution < -0.4 is 0 Å². The second kappa shape index (κ2) is 7.28. The van der Waals surface area contributed by atoms with Gasteiger partial charge in [-0.2, -0.15) is 0 Å². The number of carbonyl (C=O) groups is 2. The van der Waals surface area contributed by atoms with Crippen LogP contribution >= 0.6 is 0 Å². The van der Waals surface area contributed by atoms with Gasteiger partial charge in [-0.05, 0) is 62.1 Å². The summed E-state index contributed by atoms with van der Waals surface area (Å²) in [5.41, 5.74) is 5.84. The second-order valence-corrected chi connectivity index (χ2v) is 6.96. The largest absolute Gasteiger partial charge is 0.335 e. The number of aryl methyl sites for hydroxylation is 2. The third-order valence-corrected chi connectivity index (χ3v) is 5.36. The Hall–Kier alpha value is -2.69. The zero-order valence-corrected chi connectivity index (χ0v) is 15.9. The molecular weight excluding hydrogens is 326 g/mol. The number of rotatable bonds is 2. The molecule has 26 heavy (non-hydrogen) atoms. The van der Waals surface area contributed by atoms with Gasteiger partial charge in [-0.1, -0.05) is 6.07 Å². The Balaban J connectivity index is 1.73. The van der Waals surface area contributed by atoms with Crippen molar-refractivity contribution >= 4 is 11.8 Å². The number of nitrogens with zero attached hydrogens (tertiary/aromatic N) is 3. The summed E-state index contributed by atoms with van der Waals surface area (Å²) in [6.07, 6.45) is 3.25. The molecule has 0 N–H and O–H groups in total. The number of carbonyl (C=O) groups excluding carboxylic acids is 2. The first kappa shape index (κ1) is 18.1. The van der Waals surface area contributed by atoms with Gasteiger partial charge < -0.3 is 9.80 Å². The van der Waals surface area contributed by atoms with Crippen LogP contribution in [-0.4, -0.2) is 52.8 Å². The highest BCUT2D eigenvalue weighted by atomic mass is 16.2. The maximum absolute atomic E-state index is 13.1. The molecule has 136 valence electrons. The molecule has 1 saturated heterocycles. The molecular formula is C21H25N3O2. The Morgan fingerprint density at radius 2 is 1.27 bits per heavy atom. The van der Waals surface area contributed by atoms with Crippen LogP contribution in [0.2, 0.25) is 0 Å². The highest BCUT2D eigenvalue weighted by Crippen LogP contribution is 2.24. The molecule has 5 nitrogen and oxygen atoms in total. The van der Waals surface area contributed by atoms with Gasteiger partial charge in [0.05, 0.1) is 0 Å². The monoisotopic (exact) mass is 351 g/mol. The molecule has 0 radical (unpaired) electrons. The zero-order valence-electron chi connectivity index (χ0n) is 15.9. The van der Waals surface area contributed by atoms with E-state index < -0.39 is 0 Å². The SMILES string of the molecule is Cc1cc(C)c(C)c(C(=O)N2CCN(C(=O)c3ccncc3)CC2)c1C. The van der Waals surface area contributed by atoms with Crippen molar-refractivity contribution in [2.24, 2.45) is 0 Å². The fraction of sp³-hybridized carbons (Fsp3) is 0.381. The number of amides is 2. The molecule has 0 unspecified atom stereocenters. The van der Waals surface area contributed by atoms with E-state index in [0.717, 1.165) is 27.8 Å². The van der Waals surface area contributed by atoms with E-state index in [9.17, 15) is 9.59 Å². The quantitative estimate of drug-likeness (QED) is 0.836. The van der Waals surface area contributed by atoms with Crippen molar-refractivity contribution in [2.75, 3.05) is 26.2 Å². The third-order valence-electron chi connectivity index (χ3n) is 5.36. The summed E-state index contributed by atoms with van der Waals surface area (Å²) in [5, 5.41) is 0. The lowest BCUT2D eigenvalue weighted by atomic mass is 9.93. The molecule has 0 atom stereocenters. The summed E-state index contributed by atoms with van der Waals surface area (Å²) in [7, 11) is 0. The smallest absolute Gasteiger partial charge is 0.254 e. The molecule has 1 aromatic carbocycles. The summed E-state index contributed by atoms with van der Waals surface area (Å²) >= 11 is 0. The molecule has 0 spiro atoms. The first-order valence-electron chi connectivity index (χ1n) is 8.96. The third kappa shape index (κ3) is 3.34. The van der Waals surface area contributed by atoms with E-state index in [-0.39, 0.29) is 11.8 Å². The fourth-order valence-corrected chi connectivity index (χ4v) is 3.49. The summed E-state index contributed by atoms with van der Waals surface area (Å²) < 4.78 is 0. The average Bonchev–Trinajstić information content (AvgIpc) is 2.67. The van der Waals surface area contributed by atoms with Gasteiger partial charge in [-0.15, -0.1) is 0 Å². The van der Waals surface area contributed by atoms with Crippen molar-refractivity contribution < 1.29 is 9.59 Å². The highest BCUT2D eigenvalue weighted by Gasteiger charge is 2.27. The normalized spacial score (nSPS) is 14.5. The maximum Gasteiger partial charge on any atom is 0.254 e. The van der Waals surface area contributed by atoms with Gasteiger partial charge in [0.1, 0.15) is 0 Å². The van der Waals surface area contributed by atoms with Crippen molar-refractivity contribution in [2.45, 2.75) is 27.7 Å². The predicted octanol–water partition coefficient (Wildman–Crippen LogP) is 2.91. The minimum absolute atomic E-state index is 0.00161. The van der Waals surface area contributed by atoms with Crippen LogP contribution in [0.5, 0.6) is 0 Å². The summed E-state index contributed by atoms with van der Waals surface area (Å²) in [6.45, 7) is 10.3. The van der Waals surface area contributed by atoms with Crippen molar-refractivity contribution in [1.82, 2.24) is 14.8 Å². The van der Waals surface area contributed by atoms with E-state index in [0.29, 0.717) is 31.7 Å². The van der Waals surface area contributed by atoms with E-state index in [1.165, 1.54) is 0 Å². The van der Waals surface area contributed by atoms with Crippen LogP contribution in [0.1, 0.15) is 43.0 Å². The number of piperazine rings is 1. The molecule has 2 heterocycles. The van der Waals surface area contributed by atoms with Gasteiger partial charge in [0.25, 0.3) is 11.8 Å². The number of benzene rings is 1. The molecule has 1 aromatic heterocycles. The molecule has 1 fully saturated rings. The van der Waals surface area contributed by atoms with E-state index in [4.69, 9.17) is 0 Å². The van der Waals surface area contributed by atoms with Crippen molar-refractivity contribution in [3.05, 3.63) is 64.0 Å². The number of aromatic nitrogens is 1. The number of pyridine rings is 1. The Kier molecular flexibility index (Phi) is 5.07. The van der Waals surface area contributed by atoms with Gasteiger partial charge in [0, 0.05) is 49.7 Å². The maximum atomic E-state index is 13.1. The van der Waals surface area contributed by atoms with Gasteiger partial charge in [0.2, 0.25) is 0 Å². The lowest BCUT2D eigenvalue weighted by molar-refractivity contribution is 0.0534. The van der Waals surface area contributed by atoms with Crippen molar-refractivity contribution in [3.8, 4) is 0 Å². The Labute approximate surface area is 154 Å². The van der Waals surface area contributed by atoms with E-state index in [1.54, 1.807) is 29.4 Å². The van der Waals surface area contributed by atoms with E-state index in [2.05, 4.69) is 11.1 Å². The lowest BCUT2D eigenvalue weighted by Gasteiger charge is -2.35. The standard InChI is InChI=1S/C21H25N3O2/c1-14-13-15(2)17(4)19(16(14)3)21(26)24-11-9-23(10-12-24)20(25)18-5-7-22-8-6-18/h5-8,13H,9-12H2,1-4H3. The summed E-state index contributed by atoms with van der Waals surface area (Å²) in [5.74, 6) is 0.0704. The Morgan fingerprint density at radius 3 is 1.77 bits per heavy atom. The second-order valence-electron chi connectivity index (χ2n) is 6.96. The molecule has 0 bridgehead atoms. The molecule has 0 saturated carbocycles. The van der Waals surface area contributed by atoms with Crippen LogP contribution in [0.15, 0.2) is 30.6 Å². The van der Waals surface area contributed by atoms with Gasteiger partial charge >= 0.3 is 0 Å². The number of hydrogen-bond donors (Lipinski definition) is 0. The lowest BCUT2D eigenvalue weighted by Crippen LogP contribution is -2.50. The first-order chi connectivity index (χ1) is 12.4. The molecule has 3 rings (SSSR count). The minimum Gasteiger partial charge on any atom is -0.335 e. The van der Waals surface area contributed by atoms with Crippen molar-refractivity contribution in [3.63, 3.8) is 0 Å². The highest BCUT2D eigenvalue weighted by molar-refractivity contribution is 5.98.